The number of pyridine rings is 1. The SMILES string of the molecule is O=C(O)COC1(c2cccnc2Br)CN(C(=O)OCC2c3ccccc3-c3ccccc32)C2(CCCC2)C1. The Kier molecular flexibility index (Phi) is 6.48. The highest BCUT2D eigenvalue weighted by molar-refractivity contribution is 9.10. The molecule has 1 spiro atoms. The van der Waals surface area contributed by atoms with Crippen molar-refractivity contribution >= 4 is 28.0 Å². The molecule has 196 valence electrons. The number of halogens is 1. The third-order valence-electron chi connectivity index (χ3n) is 8.41. The second-order valence-corrected chi connectivity index (χ2v) is 11.3. The average Bonchev–Trinajstić information content (AvgIpc) is 3.62. The van der Waals surface area contributed by atoms with Gasteiger partial charge in [0.1, 0.15) is 23.4 Å². The second kappa shape index (κ2) is 9.82. The Morgan fingerprint density at radius 1 is 1.00 bits per heavy atom. The van der Waals surface area contributed by atoms with E-state index in [0.29, 0.717) is 11.0 Å². The van der Waals surface area contributed by atoms with E-state index in [1.165, 1.54) is 11.1 Å². The van der Waals surface area contributed by atoms with Crippen molar-refractivity contribution < 1.29 is 24.2 Å². The lowest BCUT2D eigenvalue weighted by molar-refractivity contribution is -0.150. The number of carbonyl (C=O) groups excluding carboxylic acids is 1. The maximum absolute atomic E-state index is 13.8. The van der Waals surface area contributed by atoms with Crippen LogP contribution in [0.25, 0.3) is 11.1 Å². The van der Waals surface area contributed by atoms with Crippen LogP contribution in [0.4, 0.5) is 4.79 Å². The Bertz CT molecular complexity index is 1340. The number of benzene rings is 2. The lowest BCUT2D eigenvalue weighted by Crippen LogP contribution is -2.46. The first-order valence-electron chi connectivity index (χ1n) is 13.0. The molecule has 38 heavy (non-hydrogen) atoms. The summed E-state index contributed by atoms with van der Waals surface area (Å²) in [6.45, 7) is -0.0177. The Hall–Kier alpha value is -3.23. The van der Waals surface area contributed by atoms with E-state index in [4.69, 9.17) is 9.47 Å². The number of nitrogens with zero attached hydrogens (tertiary/aromatic N) is 2. The number of fused-ring (bicyclic) bond motifs is 3. The van der Waals surface area contributed by atoms with Crippen LogP contribution in [-0.2, 0) is 19.9 Å². The van der Waals surface area contributed by atoms with E-state index in [1.807, 2.05) is 41.3 Å². The Labute approximate surface area is 229 Å². The lowest BCUT2D eigenvalue weighted by atomic mass is 9.84. The fourth-order valence-corrected chi connectivity index (χ4v) is 7.41. The summed E-state index contributed by atoms with van der Waals surface area (Å²) in [4.78, 5) is 31.5. The van der Waals surface area contributed by atoms with E-state index >= 15 is 0 Å². The van der Waals surface area contributed by atoms with E-state index in [0.717, 1.165) is 42.4 Å². The zero-order chi connectivity index (χ0) is 26.3. The van der Waals surface area contributed by atoms with Crippen molar-refractivity contribution in [3.05, 3.63) is 88.2 Å². The molecule has 1 atom stereocenters. The van der Waals surface area contributed by atoms with Crippen LogP contribution >= 0.6 is 15.9 Å². The predicted octanol–water partition coefficient (Wildman–Crippen LogP) is 6.11. The first kappa shape index (κ1) is 25.1. The summed E-state index contributed by atoms with van der Waals surface area (Å²) in [5, 5.41) is 9.44. The quantitative estimate of drug-likeness (QED) is 0.356. The number of carboxylic acids is 1. The van der Waals surface area contributed by atoms with Gasteiger partial charge in [0.15, 0.2) is 0 Å². The van der Waals surface area contributed by atoms with Crippen molar-refractivity contribution in [1.29, 1.82) is 0 Å². The highest BCUT2D eigenvalue weighted by atomic mass is 79.9. The molecule has 8 heteroatoms. The van der Waals surface area contributed by atoms with Gasteiger partial charge >= 0.3 is 12.1 Å². The molecular weight excluding hydrogens is 548 g/mol. The van der Waals surface area contributed by atoms with Gasteiger partial charge in [-0.25, -0.2) is 14.6 Å². The van der Waals surface area contributed by atoms with E-state index in [-0.39, 0.29) is 25.2 Å². The molecular formula is C30H29BrN2O5. The van der Waals surface area contributed by atoms with E-state index in [1.54, 1.807) is 6.20 Å². The predicted molar refractivity (Wildman–Crippen MR) is 145 cm³/mol. The maximum Gasteiger partial charge on any atom is 0.410 e. The minimum absolute atomic E-state index is 0.0334. The molecule has 3 aromatic rings. The van der Waals surface area contributed by atoms with Crippen molar-refractivity contribution in [2.24, 2.45) is 0 Å². The normalized spacial score (nSPS) is 21.4. The van der Waals surface area contributed by atoms with Gasteiger partial charge in [-0.15, -0.1) is 0 Å². The van der Waals surface area contributed by atoms with Crippen molar-refractivity contribution in [1.82, 2.24) is 9.88 Å². The van der Waals surface area contributed by atoms with Crippen LogP contribution in [0.2, 0.25) is 0 Å². The number of ether oxygens (including phenoxy) is 2. The van der Waals surface area contributed by atoms with Crippen molar-refractivity contribution in [3.8, 4) is 11.1 Å². The number of carbonyl (C=O) groups is 2. The van der Waals surface area contributed by atoms with Crippen LogP contribution in [-0.4, -0.2) is 52.4 Å². The highest BCUT2D eigenvalue weighted by Gasteiger charge is 2.58. The van der Waals surface area contributed by atoms with Crippen LogP contribution < -0.4 is 0 Å². The summed E-state index contributed by atoms with van der Waals surface area (Å²) in [6.07, 6.45) is 5.44. The third kappa shape index (κ3) is 4.20. The number of amides is 1. The molecule has 1 saturated heterocycles. The molecule has 1 aromatic heterocycles. The van der Waals surface area contributed by atoms with Crippen LogP contribution in [0, 0.1) is 0 Å². The number of aromatic nitrogens is 1. The van der Waals surface area contributed by atoms with E-state index < -0.39 is 23.7 Å². The van der Waals surface area contributed by atoms with Gasteiger partial charge in [0.25, 0.3) is 0 Å². The van der Waals surface area contributed by atoms with E-state index in [9.17, 15) is 14.7 Å². The van der Waals surface area contributed by atoms with Gasteiger partial charge in [-0.3, -0.25) is 4.90 Å². The van der Waals surface area contributed by atoms with Crippen LogP contribution in [0.1, 0.15) is 54.7 Å². The highest BCUT2D eigenvalue weighted by Crippen LogP contribution is 2.53. The topological polar surface area (TPSA) is 89.0 Å². The molecule has 3 aliphatic rings. The number of carboxylic acid groups (broad SMARTS) is 1. The molecule has 1 amide bonds. The maximum atomic E-state index is 13.8. The van der Waals surface area contributed by atoms with Gasteiger partial charge in [-0.2, -0.15) is 0 Å². The van der Waals surface area contributed by atoms with Crippen molar-refractivity contribution in [3.63, 3.8) is 0 Å². The fourth-order valence-electron chi connectivity index (χ4n) is 6.80. The molecule has 0 radical (unpaired) electrons. The minimum atomic E-state index is -1.05. The number of hydrogen-bond acceptors (Lipinski definition) is 5. The van der Waals surface area contributed by atoms with Crippen LogP contribution in [0.5, 0.6) is 0 Å². The van der Waals surface area contributed by atoms with Gasteiger partial charge in [-0.05, 0) is 57.1 Å². The molecule has 1 unspecified atom stereocenters. The fraction of sp³-hybridized carbons (Fsp3) is 0.367. The molecule has 1 saturated carbocycles. The van der Waals surface area contributed by atoms with Crippen molar-refractivity contribution in [2.75, 3.05) is 19.8 Å². The molecule has 2 aliphatic carbocycles. The number of aliphatic carboxylic acids is 1. The van der Waals surface area contributed by atoms with Gasteiger partial charge in [0, 0.05) is 29.6 Å². The van der Waals surface area contributed by atoms with Crippen molar-refractivity contribution in [2.45, 2.75) is 49.2 Å². The third-order valence-corrected chi connectivity index (χ3v) is 9.05. The van der Waals surface area contributed by atoms with Crippen LogP contribution in [0.15, 0.2) is 71.5 Å². The molecule has 1 aliphatic heterocycles. The molecule has 6 rings (SSSR count). The Balaban J connectivity index is 1.29. The summed E-state index contributed by atoms with van der Waals surface area (Å²) >= 11 is 3.54. The molecule has 2 heterocycles. The standard InChI is InChI=1S/C30H29BrN2O5/c31-27-25(12-7-15-32-27)30(38-17-26(34)35)18-29(13-5-6-14-29)33(19-30)28(36)37-16-24-22-10-3-1-8-20(22)21-9-2-4-11-23(21)24/h1-4,7-12,15,24H,5-6,13-14,16-19H2,(H,34,35). The first-order valence-corrected chi connectivity index (χ1v) is 13.8. The average molecular weight is 577 g/mol. The lowest BCUT2D eigenvalue weighted by Gasteiger charge is -2.34. The second-order valence-electron chi connectivity index (χ2n) is 10.5. The monoisotopic (exact) mass is 576 g/mol. The Morgan fingerprint density at radius 2 is 1.66 bits per heavy atom. The van der Waals surface area contributed by atoms with E-state index in [2.05, 4.69) is 45.2 Å². The number of likely N-dealkylation sites (tertiary alicyclic amines) is 1. The number of rotatable bonds is 6. The zero-order valence-corrected chi connectivity index (χ0v) is 22.5. The minimum Gasteiger partial charge on any atom is -0.480 e. The van der Waals surface area contributed by atoms with Gasteiger partial charge in [0.05, 0.1) is 6.54 Å². The van der Waals surface area contributed by atoms with Gasteiger partial charge < -0.3 is 14.6 Å². The summed E-state index contributed by atoms with van der Waals surface area (Å²) in [7, 11) is 0. The zero-order valence-electron chi connectivity index (χ0n) is 20.9. The molecule has 0 bridgehead atoms. The van der Waals surface area contributed by atoms with Gasteiger partial charge in [-0.1, -0.05) is 67.4 Å². The Morgan fingerprint density at radius 3 is 2.29 bits per heavy atom. The molecule has 7 nitrogen and oxygen atoms in total. The molecule has 2 aromatic carbocycles. The summed E-state index contributed by atoms with van der Waals surface area (Å²) < 4.78 is 12.8. The first-order chi connectivity index (χ1) is 18.4. The number of hydrogen-bond donors (Lipinski definition) is 1. The summed E-state index contributed by atoms with van der Waals surface area (Å²) in [5.74, 6) is -1.08. The molecule has 1 N–H and O–H groups in total. The molecule has 2 fully saturated rings. The largest absolute Gasteiger partial charge is 0.480 e. The smallest absolute Gasteiger partial charge is 0.410 e. The van der Waals surface area contributed by atoms with Gasteiger partial charge in [0.2, 0.25) is 0 Å². The summed E-state index contributed by atoms with van der Waals surface area (Å²) in [5.41, 5.74) is 3.99. The van der Waals surface area contributed by atoms with Crippen LogP contribution in [0.3, 0.4) is 0 Å². The summed E-state index contributed by atoms with van der Waals surface area (Å²) in [6, 6.07) is 20.2.